The van der Waals surface area contributed by atoms with Crippen LogP contribution in [0.5, 0.6) is 0 Å². The van der Waals surface area contributed by atoms with Crippen LogP contribution in [0.4, 0.5) is 0 Å². The third-order valence-electron chi connectivity index (χ3n) is 4.55. The van der Waals surface area contributed by atoms with Gasteiger partial charge in [-0.2, -0.15) is 0 Å². The molecule has 0 bridgehead atoms. The van der Waals surface area contributed by atoms with E-state index in [1.54, 1.807) is 11.3 Å². The van der Waals surface area contributed by atoms with Gasteiger partial charge in [0.15, 0.2) is 0 Å². The van der Waals surface area contributed by atoms with Gasteiger partial charge < -0.3 is 10.4 Å². The monoisotopic (exact) mass is 279 g/mol. The van der Waals surface area contributed by atoms with Gasteiger partial charge in [-0.3, -0.25) is 4.79 Å². The highest BCUT2D eigenvalue weighted by atomic mass is 32.1. The highest BCUT2D eigenvalue weighted by molar-refractivity contribution is 7.10. The minimum Gasteiger partial charge on any atom is -0.394 e. The Morgan fingerprint density at radius 1 is 1.26 bits per heavy atom. The molecule has 1 aromatic heterocycles. The first-order valence-corrected chi connectivity index (χ1v) is 8.15. The Morgan fingerprint density at radius 2 is 2.00 bits per heavy atom. The summed E-state index contributed by atoms with van der Waals surface area (Å²) in [7, 11) is 0. The van der Waals surface area contributed by atoms with Crippen molar-refractivity contribution >= 4 is 17.2 Å². The van der Waals surface area contributed by atoms with Crippen molar-refractivity contribution in [3.8, 4) is 0 Å². The van der Waals surface area contributed by atoms with Crippen LogP contribution in [0, 0.1) is 0 Å². The molecular weight excluding hydrogens is 258 g/mol. The van der Waals surface area contributed by atoms with Crippen LogP contribution in [0.15, 0.2) is 5.38 Å². The number of amides is 1. The molecule has 0 aliphatic heterocycles. The summed E-state index contributed by atoms with van der Waals surface area (Å²) < 4.78 is 0. The van der Waals surface area contributed by atoms with E-state index >= 15 is 0 Å². The van der Waals surface area contributed by atoms with E-state index in [1.807, 2.05) is 5.38 Å². The third-order valence-corrected chi connectivity index (χ3v) is 5.64. The SMILES string of the molecule is O=C(NC1(CO)CCCC1)c1csc2c1CCCC2. The van der Waals surface area contributed by atoms with Gasteiger partial charge in [-0.15, -0.1) is 11.3 Å². The first kappa shape index (κ1) is 13.1. The molecule has 1 saturated carbocycles. The maximum Gasteiger partial charge on any atom is 0.252 e. The van der Waals surface area contributed by atoms with Gasteiger partial charge in [0.05, 0.1) is 17.7 Å². The molecule has 2 aliphatic carbocycles. The number of aryl methyl sites for hydroxylation is 1. The predicted molar refractivity (Wildman–Crippen MR) is 76.7 cm³/mol. The molecule has 0 unspecified atom stereocenters. The first-order chi connectivity index (χ1) is 9.24. The minimum atomic E-state index is -0.361. The van der Waals surface area contributed by atoms with Gasteiger partial charge in [0.1, 0.15) is 0 Å². The second-order valence-corrected chi connectivity index (χ2v) is 6.82. The molecule has 2 aliphatic rings. The Labute approximate surface area is 118 Å². The number of aliphatic hydroxyl groups is 1. The maximum atomic E-state index is 12.5. The van der Waals surface area contributed by atoms with Crippen molar-refractivity contribution in [1.82, 2.24) is 5.32 Å². The topological polar surface area (TPSA) is 49.3 Å². The lowest BCUT2D eigenvalue weighted by molar-refractivity contribution is 0.0838. The second kappa shape index (κ2) is 5.25. The number of rotatable bonds is 3. The number of hydrogen-bond acceptors (Lipinski definition) is 3. The highest BCUT2D eigenvalue weighted by Crippen LogP contribution is 2.32. The van der Waals surface area contributed by atoms with Crippen LogP contribution in [-0.4, -0.2) is 23.2 Å². The summed E-state index contributed by atoms with van der Waals surface area (Å²) in [6.07, 6.45) is 8.60. The van der Waals surface area contributed by atoms with Crippen LogP contribution in [0.25, 0.3) is 0 Å². The van der Waals surface area contributed by atoms with Gasteiger partial charge in [-0.1, -0.05) is 12.8 Å². The number of carbonyl (C=O) groups excluding carboxylic acids is 1. The minimum absolute atomic E-state index is 0.0235. The molecule has 4 heteroatoms. The molecule has 1 amide bonds. The van der Waals surface area contributed by atoms with Crippen LogP contribution in [-0.2, 0) is 12.8 Å². The number of hydrogen-bond donors (Lipinski definition) is 2. The Balaban J connectivity index is 1.78. The van der Waals surface area contributed by atoms with E-state index in [0.29, 0.717) is 0 Å². The lowest BCUT2D eigenvalue weighted by Gasteiger charge is -2.28. The largest absolute Gasteiger partial charge is 0.394 e. The molecule has 0 saturated heterocycles. The molecule has 0 aromatic carbocycles. The van der Waals surface area contributed by atoms with Crippen molar-refractivity contribution in [3.63, 3.8) is 0 Å². The fourth-order valence-corrected chi connectivity index (χ4v) is 4.49. The fraction of sp³-hybridized carbons (Fsp3) is 0.667. The van der Waals surface area contributed by atoms with E-state index in [4.69, 9.17) is 0 Å². The number of thiophene rings is 1. The second-order valence-electron chi connectivity index (χ2n) is 5.86. The molecular formula is C15H21NO2S. The van der Waals surface area contributed by atoms with Crippen LogP contribution >= 0.6 is 11.3 Å². The van der Waals surface area contributed by atoms with E-state index in [0.717, 1.165) is 44.1 Å². The van der Waals surface area contributed by atoms with Gasteiger partial charge in [0.25, 0.3) is 5.91 Å². The Bertz CT molecular complexity index is 474. The standard InChI is InChI=1S/C15H21NO2S/c17-10-15(7-3-4-8-15)16-14(18)12-9-19-13-6-2-1-5-11(12)13/h9,17H,1-8,10H2,(H,16,18). The number of carbonyl (C=O) groups is 1. The van der Waals surface area contributed by atoms with E-state index < -0.39 is 0 Å². The Kier molecular flexibility index (Phi) is 3.63. The highest BCUT2D eigenvalue weighted by Gasteiger charge is 2.35. The molecule has 104 valence electrons. The average Bonchev–Trinajstić information content (AvgIpc) is 3.05. The van der Waals surface area contributed by atoms with Crippen LogP contribution in [0.1, 0.15) is 59.3 Å². The molecule has 3 rings (SSSR count). The van der Waals surface area contributed by atoms with Crippen LogP contribution < -0.4 is 5.32 Å². The molecule has 3 nitrogen and oxygen atoms in total. The van der Waals surface area contributed by atoms with Gasteiger partial charge >= 0.3 is 0 Å². The first-order valence-electron chi connectivity index (χ1n) is 7.27. The fourth-order valence-electron chi connectivity index (χ4n) is 3.37. The molecule has 1 heterocycles. The summed E-state index contributed by atoms with van der Waals surface area (Å²) in [5.41, 5.74) is 1.76. The molecule has 0 spiro atoms. The van der Waals surface area contributed by atoms with Crippen molar-refractivity contribution in [2.24, 2.45) is 0 Å². The summed E-state index contributed by atoms with van der Waals surface area (Å²) in [4.78, 5) is 13.9. The van der Waals surface area contributed by atoms with E-state index in [9.17, 15) is 9.90 Å². The molecule has 19 heavy (non-hydrogen) atoms. The number of fused-ring (bicyclic) bond motifs is 1. The number of aliphatic hydroxyl groups excluding tert-OH is 1. The van der Waals surface area contributed by atoms with E-state index in [2.05, 4.69) is 5.32 Å². The third kappa shape index (κ3) is 2.43. The van der Waals surface area contributed by atoms with Crippen molar-refractivity contribution in [3.05, 3.63) is 21.4 Å². The lowest BCUT2D eigenvalue weighted by atomic mass is 9.94. The summed E-state index contributed by atoms with van der Waals surface area (Å²) in [6, 6.07) is 0. The predicted octanol–water partition coefficient (Wildman–Crippen LogP) is 2.66. The summed E-state index contributed by atoms with van der Waals surface area (Å²) in [5, 5.41) is 14.7. The molecule has 2 N–H and O–H groups in total. The van der Waals surface area contributed by atoms with Crippen molar-refractivity contribution < 1.29 is 9.90 Å². The van der Waals surface area contributed by atoms with Gasteiger partial charge in [-0.05, 0) is 44.1 Å². The van der Waals surface area contributed by atoms with E-state index in [-0.39, 0.29) is 18.1 Å². The Morgan fingerprint density at radius 3 is 2.74 bits per heavy atom. The molecule has 0 radical (unpaired) electrons. The summed E-state index contributed by atoms with van der Waals surface area (Å²) in [5.74, 6) is 0.0235. The van der Waals surface area contributed by atoms with Gasteiger partial charge in [0.2, 0.25) is 0 Å². The quantitative estimate of drug-likeness (QED) is 0.893. The van der Waals surface area contributed by atoms with Crippen molar-refractivity contribution in [2.75, 3.05) is 6.61 Å². The van der Waals surface area contributed by atoms with Crippen LogP contribution in [0.3, 0.4) is 0 Å². The maximum absolute atomic E-state index is 12.5. The van der Waals surface area contributed by atoms with E-state index in [1.165, 1.54) is 23.3 Å². The normalized spacial score (nSPS) is 21.1. The zero-order valence-electron chi connectivity index (χ0n) is 11.2. The molecule has 1 aromatic rings. The summed E-state index contributed by atoms with van der Waals surface area (Å²) >= 11 is 1.72. The summed E-state index contributed by atoms with van der Waals surface area (Å²) in [6.45, 7) is 0.0606. The van der Waals surface area contributed by atoms with Crippen molar-refractivity contribution in [1.29, 1.82) is 0 Å². The molecule has 1 fully saturated rings. The lowest BCUT2D eigenvalue weighted by Crippen LogP contribution is -2.49. The van der Waals surface area contributed by atoms with Crippen LogP contribution in [0.2, 0.25) is 0 Å². The smallest absolute Gasteiger partial charge is 0.252 e. The number of nitrogens with one attached hydrogen (secondary N) is 1. The van der Waals surface area contributed by atoms with Gasteiger partial charge in [-0.25, -0.2) is 0 Å². The van der Waals surface area contributed by atoms with Crippen molar-refractivity contribution in [2.45, 2.75) is 56.9 Å². The zero-order valence-corrected chi connectivity index (χ0v) is 12.0. The Hall–Kier alpha value is -0.870. The zero-order chi connectivity index (χ0) is 13.3. The molecule has 0 atom stereocenters. The van der Waals surface area contributed by atoms with Gasteiger partial charge in [0, 0.05) is 10.3 Å². The average molecular weight is 279 g/mol.